The van der Waals surface area contributed by atoms with Gasteiger partial charge in [0.05, 0.1) is 9.50 Å². The number of aromatic nitrogens is 2. The summed E-state index contributed by atoms with van der Waals surface area (Å²) in [6, 6.07) is 1.96. The Kier molecular flexibility index (Phi) is 3.07. The molecule has 0 fully saturated rings. The van der Waals surface area contributed by atoms with Crippen LogP contribution >= 0.6 is 57.9 Å². The van der Waals surface area contributed by atoms with Gasteiger partial charge in [-0.25, -0.2) is 4.98 Å². The van der Waals surface area contributed by atoms with Crippen molar-refractivity contribution >= 4 is 68.9 Å². The lowest BCUT2D eigenvalue weighted by molar-refractivity contribution is 1.26. The van der Waals surface area contributed by atoms with E-state index < -0.39 is 0 Å². The second-order valence-corrected chi connectivity index (χ2v) is 5.31. The maximum absolute atomic E-state index is 6.08. The highest BCUT2D eigenvalue weighted by molar-refractivity contribution is 14.2. The van der Waals surface area contributed by atoms with Crippen molar-refractivity contribution < 1.29 is 0 Å². The zero-order valence-corrected chi connectivity index (χ0v) is 11.5. The molecule has 2 aromatic rings. The maximum Gasteiger partial charge on any atom is 0.152 e. The fourth-order valence-electron chi connectivity index (χ4n) is 1.06. The summed E-state index contributed by atoms with van der Waals surface area (Å²) in [4.78, 5) is 4.28. The Hall–Kier alpha value is 0.540. The van der Waals surface area contributed by atoms with E-state index in [1.807, 2.05) is 16.2 Å². The van der Waals surface area contributed by atoms with Crippen molar-refractivity contribution in [2.75, 3.05) is 0 Å². The fraction of sp³-hybridized carbons (Fsp3) is 0. The molecule has 0 saturated carbocycles. The lowest BCUT2D eigenvalue weighted by Gasteiger charge is -1.99. The van der Waals surface area contributed by atoms with Gasteiger partial charge in [0, 0.05) is 48.1 Å². The molecule has 2 aromatic heterocycles. The van der Waals surface area contributed by atoms with Crippen LogP contribution in [0, 0.1) is 0 Å². The second-order valence-electron chi connectivity index (χ2n) is 2.37. The predicted octanol–water partition coefficient (Wildman–Crippen LogP) is 4.30. The van der Waals surface area contributed by atoms with Gasteiger partial charge in [-0.15, -0.1) is 0 Å². The molecule has 0 aliphatic carbocycles. The Balaban J connectivity index is 2.81. The van der Waals surface area contributed by atoms with E-state index in [0.717, 1.165) is 15.5 Å². The summed E-state index contributed by atoms with van der Waals surface area (Å²) in [7, 11) is 1.57. The summed E-state index contributed by atoms with van der Waals surface area (Å²) in [5.41, 5.74) is 0.896. The van der Waals surface area contributed by atoms with E-state index in [1.54, 1.807) is 15.3 Å². The summed E-state index contributed by atoms with van der Waals surface area (Å²) in [6.07, 6.45) is 3.67. The molecule has 0 aliphatic rings. The number of hydrogen-bond donors (Lipinski definition) is 0. The van der Waals surface area contributed by atoms with Crippen molar-refractivity contribution in [1.82, 2.24) is 8.96 Å². The highest BCUT2D eigenvalue weighted by Gasteiger charge is 2.08. The average molecular weight is 389 g/mol. The van der Waals surface area contributed by atoms with Crippen LogP contribution in [0.2, 0.25) is 5.02 Å². The maximum atomic E-state index is 6.08. The van der Waals surface area contributed by atoms with Crippen LogP contribution in [0.4, 0.5) is 0 Å². The van der Waals surface area contributed by atoms with E-state index in [0.29, 0.717) is 5.02 Å². The normalized spacial score (nSPS) is 11.0. The molecule has 0 aliphatic heterocycles. The molecular weight excluding hydrogens is 386 g/mol. The first-order valence-electron chi connectivity index (χ1n) is 3.34. The summed E-state index contributed by atoms with van der Waals surface area (Å²) >= 11 is 11.6. The van der Waals surface area contributed by atoms with E-state index in [2.05, 4.69) is 42.1 Å². The third-order valence-electron chi connectivity index (χ3n) is 1.65. The zero-order valence-electron chi connectivity index (χ0n) is 6.17. The minimum Gasteiger partial charge on any atom is -0.266 e. The molecule has 0 spiro atoms. The van der Waals surface area contributed by atoms with Crippen molar-refractivity contribution in [3.63, 3.8) is 0 Å². The quantitative estimate of drug-likeness (QED) is 0.677. The van der Waals surface area contributed by atoms with Crippen LogP contribution in [0.15, 0.2) is 22.9 Å². The van der Waals surface area contributed by atoms with Crippen LogP contribution in [0.3, 0.4) is 0 Å². The molecule has 0 atom stereocenters. The Morgan fingerprint density at radius 1 is 1.62 bits per heavy atom. The van der Waals surface area contributed by atoms with Gasteiger partial charge in [-0.05, 0) is 22.0 Å². The summed E-state index contributed by atoms with van der Waals surface area (Å²) in [5, 5.41) is 1.69. The molecule has 6 heteroatoms. The highest BCUT2D eigenvalue weighted by Crippen LogP contribution is 2.32. The molecule has 0 radical (unpaired) electrons. The lowest BCUT2D eigenvalue weighted by Crippen LogP contribution is -1.84. The van der Waals surface area contributed by atoms with E-state index >= 15 is 0 Å². The largest absolute Gasteiger partial charge is 0.266 e. The highest BCUT2D eigenvalue weighted by atomic mass is 127. The third-order valence-corrected chi connectivity index (χ3v) is 4.60. The molecule has 0 saturated heterocycles. The number of fused-ring (bicyclic) bond motifs is 1. The molecule has 2 nitrogen and oxygen atoms in total. The number of halogens is 3. The molecule has 0 bridgehead atoms. The van der Waals surface area contributed by atoms with Crippen LogP contribution in [0.5, 0.6) is 0 Å². The van der Waals surface area contributed by atoms with Gasteiger partial charge >= 0.3 is 0 Å². The molecule has 0 unspecified atom stereocenters. The third kappa shape index (κ3) is 1.71. The predicted molar refractivity (Wildman–Crippen MR) is 69.5 cm³/mol. The first-order chi connectivity index (χ1) is 6.24. The zero-order chi connectivity index (χ0) is 9.42. The smallest absolute Gasteiger partial charge is 0.152 e. The Morgan fingerprint density at radius 2 is 2.38 bits per heavy atom. The molecule has 2 heterocycles. The Morgan fingerprint density at radius 3 is 3.08 bits per heavy atom. The minimum atomic E-state index is 0.717. The summed E-state index contributed by atoms with van der Waals surface area (Å²) in [5.74, 6) is 0. The molecule has 68 valence electrons. The first kappa shape index (κ1) is 10.1. The van der Waals surface area contributed by atoms with Crippen molar-refractivity contribution in [2.45, 2.75) is 0 Å². The van der Waals surface area contributed by atoms with Gasteiger partial charge in [0.15, 0.2) is 5.65 Å². The lowest BCUT2D eigenvalue weighted by atomic mass is 10.3. The average Bonchev–Trinajstić information content (AvgIpc) is 2.55. The van der Waals surface area contributed by atoms with Gasteiger partial charge in [-0.1, -0.05) is 11.6 Å². The van der Waals surface area contributed by atoms with E-state index in [-0.39, 0.29) is 0 Å². The first-order valence-corrected chi connectivity index (χ1v) is 7.83. The van der Waals surface area contributed by atoms with Gasteiger partial charge in [0.1, 0.15) is 0 Å². The number of rotatable bonds is 1. The SMILES string of the molecule is Clc1c(Br)cnc2c1ccn2SI. The van der Waals surface area contributed by atoms with Crippen molar-refractivity contribution in [1.29, 1.82) is 0 Å². The molecule has 13 heavy (non-hydrogen) atoms. The standard InChI is InChI=1S/C7H3BrClIN2S/c8-5-3-11-7-4(6(5)9)1-2-12(7)13-10/h1-3H. The van der Waals surface area contributed by atoms with E-state index in [9.17, 15) is 0 Å². The molecular formula is C7H3BrClIN2S. The van der Waals surface area contributed by atoms with Gasteiger partial charge in [-0.3, -0.25) is 3.97 Å². The van der Waals surface area contributed by atoms with Crippen LogP contribution in [0.25, 0.3) is 11.0 Å². The van der Waals surface area contributed by atoms with Gasteiger partial charge < -0.3 is 0 Å². The van der Waals surface area contributed by atoms with Crippen LogP contribution in [-0.2, 0) is 0 Å². The van der Waals surface area contributed by atoms with Gasteiger partial charge in [0.2, 0.25) is 0 Å². The topological polar surface area (TPSA) is 17.8 Å². The molecule has 0 aromatic carbocycles. The second kappa shape index (κ2) is 3.96. The minimum absolute atomic E-state index is 0.717. The van der Waals surface area contributed by atoms with E-state index in [1.165, 1.54) is 0 Å². The molecule has 0 amide bonds. The van der Waals surface area contributed by atoms with Gasteiger partial charge in [0.25, 0.3) is 0 Å². The van der Waals surface area contributed by atoms with Crippen molar-refractivity contribution in [2.24, 2.45) is 0 Å². The van der Waals surface area contributed by atoms with Crippen LogP contribution in [0.1, 0.15) is 0 Å². The van der Waals surface area contributed by atoms with Crippen LogP contribution in [-0.4, -0.2) is 8.96 Å². The van der Waals surface area contributed by atoms with E-state index in [4.69, 9.17) is 11.6 Å². The Bertz CT molecular complexity index is 459. The van der Waals surface area contributed by atoms with Crippen molar-refractivity contribution in [3.8, 4) is 0 Å². The summed E-state index contributed by atoms with van der Waals surface area (Å²) < 4.78 is 2.80. The Labute approximate surface area is 105 Å². The fourth-order valence-corrected chi connectivity index (χ4v) is 2.85. The molecule has 0 N–H and O–H groups in total. The molecule has 2 rings (SSSR count). The monoisotopic (exact) mass is 388 g/mol. The number of pyridine rings is 1. The number of hydrogen-bond acceptors (Lipinski definition) is 2. The number of nitrogens with zero attached hydrogens (tertiary/aromatic N) is 2. The van der Waals surface area contributed by atoms with Crippen molar-refractivity contribution in [3.05, 3.63) is 28.0 Å². The summed E-state index contributed by atoms with van der Waals surface area (Å²) in [6.45, 7) is 0. The van der Waals surface area contributed by atoms with Crippen LogP contribution < -0.4 is 0 Å². The van der Waals surface area contributed by atoms with Gasteiger partial charge in [-0.2, -0.15) is 0 Å².